The second-order valence-corrected chi connectivity index (χ2v) is 12.7. The van der Waals surface area contributed by atoms with Crippen LogP contribution in [0, 0.1) is 0 Å². The zero-order chi connectivity index (χ0) is 33.0. The molecule has 1 aliphatic heterocycles. The van der Waals surface area contributed by atoms with Gasteiger partial charge in [-0.15, -0.1) is 0 Å². The number of benzene rings is 7. The molecule has 9 aromatic rings. The predicted molar refractivity (Wildman–Crippen MR) is 205 cm³/mol. The van der Waals surface area contributed by atoms with Gasteiger partial charge in [0.05, 0.1) is 16.4 Å². The second kappa shape index (κ2) is 11.5. The minimum Gasteiger partial charge on any atom is -0.456 e. The monoisotopic (exact) mass is 642 g/mol. The Hall–Kier alpha value is -6.72. The van der Waals surface area contributed by atoms with Crippen LogP contribution in [0.25, 0.3) is 60.6 Å². The highest BCUT2D eigenvalue weighted by molar-refractivity contribution is 6.24. The van der Waals surface area contributed by atoms with E-state index in [1.165, 1.54) is 16.3 Å². The molecule has 0 spiro atoms. The van der Waals surface area contributed by atoms with E-state index in [2.05, 4.69) is 143 Å². The molecule has 0 amide bonds. The summed E-state index contributed by atoms with van der Waals surface area (Å²) < 4.78 is 8.73. The molecule has 50 heavy (non-hydrogen) atoms. The minimum atomic E-state index is -0.352. The predicted octanol–water partition coefficient (Wildman–Crippen LogP) is 10.8. The number of aromatic nitrogens is 1. The molecule has 7 aromatic carbocycles. The normalized spacial score (nSPS) is 14.6. The van der Waals surface area contributed by atoms with Crippen LogP contribution in [-0.2, 0) is 0 Å². The van der Waals surface area contributed by atoms with Crippen molar-refractivity contribution >= 4 is 55.4 Å². The van der Waals surface area contributed by atoms with E-state index in [0.29, 0.717) is 5.84 Å². The zero-order valence-corrected chi connectivity index (χ0v) is 27.0. The Morgan fingerprint density at radius 1 is 0.520 bits per heavy atom. The third-order valence-electron chi connectivity index (χ3n) is 9.66. The van der Waals surface area contributed by atoms with Crippen LogP contribution in [0.1, 0.15) is 22.9 Å². The lowest BCUT2D eigenvalue weighted by Crippen LogP contribution is -2.33. The number of furan rings is 1. The van der Waals surface area contributed by atoms with Gasteiger partial charge in [-0.25, -0.2) is 9.98 Å². The molecule has 0 aliphatic carbocycles. The van der Waals surface area contributed by atoms with Crippen LogP contribution in [0.2, 0.25) is 0 Å². The van der Waals surface area contributed by atoms with E-state index in [4.69, 9.17) is 14.4 Å². The van der Waals surface area contributed by atoms with Gasteiger partial charge in [-0.05, 0) is 53.1 Å². The molecule has 2 aromatic heterocycles. The third-order valence-corrected chi connectivity index (χ3v) is 9.66. The van der Waals surface area contributed by atoms with Crippen LogP contribution in [0.15, 0.2) is 184 Å². The molecule has 10 rings (SSSR count). The molecule has 0 bridgehead atoms. The van der Waals surface area contributed by atoms with E-state index in [0.717, 1.165) is 66.7 Å². The maximum Gasteiger partial charge on any atom is 0.159 e. The van der Waals surface area contributed by atoms with E-state index in [-0.39, 0.29) is 6.17 Å². The number of amidine groups is 2. The van der Waals surface area contributed by atoms with Crippen LogP contribution in [0.4, 0.5) is 0 Å². The van der Waals surface area contributed by atoms with Crippen LogP contribution < -0.4 is 5.32 Å². The molecule has 1 aliphatic rings. The van der Waals surface area contributed by atoms with Gasteiger partial charge in [0.1, 0.15) is 23.2 Å². The summed E-state index contributed by atoms with van der Waals surface area (Å²) in [5.41, 5.74) is 10.5. The van der Waals surface area contributed by atoms with Gasteiger partial charge in [-0.3, -0.25) is 0 Å². The van der Waals surface area contributed by atoms with Gasteiger partial charge in [0.15, 0.2) is 5.84 Å². The Morgan fingerprint density at radius 3 is 2.02 bits per heavy atom. The number of hydrogen-bond acceptors (Lipinski definition) is 4. The van der Waals surface area contributed by atoms with Gasteiger partial charge >= 0.3 is 0 Å². The quantitative estimate of drug-likeness (QED) is 0.203. The average molecular weight is 643 g/mol. The summed E-state index contributed by atoms with van der Waals surface area (Å²) in [7, 11) is 0. The number of nitrogens with one attached hydrogen (secondary N) is 1. The van der Waals surface area contributed by atoms with E-state index in [1.807, 2.05) is 36.4 Å². The summed E-state index contributed by atoms with van der Waals surface area (Å²) in [6.07, 6.45) is -0.352. The number of nitrogens with zero attached hydrogens (tertiary/aromatic N) is 3. The van der Waals surface area contributed by atoms with Crippen molar-refractivity contribution in [3.63, 3.8) is 0 Å². The first-order valence-corrected chi connectivity index (χ1v) is 16.9. The van der Waals surface area contributed by atoms with Crippen molar-refractivity contribution < 1.29 is 4.42 Å². The van der Waals surface area contributed by atoms with Crippen molar-refractivity contribution in [2.24, 2.45) is 9.98 Å². The Kier molecular flexibility index (Phi) is 6.49. The maximum atomic E-state index is 6.35. The first-order chi connectivity index (χ1) is 24.8. The zero-order valence-electron chi connectivity index (χ0n) is 27.0. The van der Waals surface area contributed by atoms with E-state index < -0.39 is 0 Å². The number of rotatable bonds is 5. The first kappa shape index (κ1) is 28.3. The summed E-state index contributed by atoms with van der Waals surface area (Å²) in [4.78, 5) is 10.3. The van der Waals surface area contributed by atoms with Crippen molar-refractivity contribution in [2.75, 3.05) is 0 Å². The summed E-state index contributed by atoms with van der Waals surface area (Å²) in [6, 6.07) is 59.1. The number of hydrogen-bond donors (Lipinski definition) is 1. The van der Waals surface area contributed by atoms with Crippen molar-refractivity contribution in [3.05, 3.63) is 187 Å². The fraction of sp³-hybridized carbons (Fsp3) is 0.0222. The van der Waals surface area contributed by atoms with Crippen molar-refractivity contribution in [2.45, 2.75) is 6.17 Å². The second-order valence-electron chi connectivity index (χ2n) is 12.7. The van der Waals surface area contributed by atoms with Crippen LogP contribution >= 0.6 is 0 Å². The lowest BCUT2D eigenvalue weighted by atomic mass is 10.0. The highest BCUT2D eigenvalue weighted by Gasteiger charge is 2.23. The van der Waals surface area contributed by atoms with Crippen LogP contribution in [0.5, 0.6) is 0 Å². The van der Waals surface area contributed by atoms with Gasteiger partial charge in [0.25, 0.3) is 0 Å². The Balaban J connectivity index is 1.13. The third kappa shape index (κ3) is 4.63. The molecule has 236 valence electrons. The molecule has 5 heteroatoms. The fourth-order valence-electron chi connectivity index (χ4n) is 7.30. The minimum absolute atomic E-state index is 0.352. The van der Waals surface area contributed by atoms with Crippen molar-refractivity contribution in [3.8, 4) is 16.8 Å². The molecule has 0 fully saturated rings. The molecule has 1 unspecified atom stereocenters. The smallest absolute Gasteiger partial charge is 0.159 e. The Bertz CT molecular complexity index is 2770. The molecule has 5 nitrogen and oxygen atoms in total. The van der Waals surface area contributed by atoms with E-state index in [9.17, 15) is 0 Å². The Labute approximate surface area is 288 Å². The lowest BCUT2D eigenvalue weighted by Gasteiger charge is -2.24. The number of aliphatic imine (C=N–C) groups is 2. The SMILES string of the molecule is c1ccc(C2=NC(c3ccc(-c4ccccc4)cc3)=NC(c3cccc(-n4c5ccccc5c5ccc6oc7ccccc7c6c54)c3)N2)cc1. The van der Waals surface area contributed by atoms with Gasteiger partial charge < -0.3 is 14.3 Å². The average Bonchev–Trinajstić information content (AvgIpc) is 3.74. The largest absolute Gasteiger partial charge is 0.456 e. The molecular weight excluding hydrogens is 613 g/mol. The maximum absolute atomic E-state index is 6.35. The standard InChI is InChI=1S/C45H30N4O/c1-3-12-29(13-4-1)30-22-24-32(25-23-30)44-46-43(31-14-5-2-6-15-31)47-45(48-44)33-16-11-17-34(28-33)49-38-20-9-7-18-35(38)36-26-27-40-41(42(36)49)37-19-8-10-21-39(37)50-40/h1-28,45H,(H,46,47,48). The van der Waals surface area contributed by atoms with Crippen molar-refractivity contribution in [1.82, 2.24) is 9.88 Å². The van der Waals surface area contributed by atoms with Gasteiger partial charge in [0, 0.05) is 33.0 Å². The Morgan fingerprint density at radius 2 is 1.20 bits per heavy atom. The molecule has 0 saturated carbocycles. The van der Waals surface area contributed by atoms with E-state index >= 15 is 0 Å². The molecular formula is C45H30N4O. The van der Waals surface area contributed by atoms with Gasteiger partial charge in [-0.1, -0.05) is 133 Å². The highest BCUT2D eigenvalue weighted by atomic mass is 16.3. The number of para-hydroxylation sites is 2. The highest BCUT2D eigenvalue weighted by Crippen LogP contribution is 2.41. The number of fused-ring (bicyclic) bond motifs is 7. The van der Waals surface area contributed by atoms with Crippen LogP contribution in [0.3, 0.4) is 0 Å². The van der Waals surface area contributed by atoms with Crippen LogP contribution in [-0.4, -0.2) is 16.2 Å². The fourth-order valence-corrected chi connectivity index (χ4v) is 7.30. The topological polar surface area (TPSA) is 54.8 Å². The van der Waals surface area contributed by atoms with Gasteiger partial charge in [-0.2, -0.15) is 0 Å². The summed E-state index contributed by atoms with van der Waals surface area (Å²) >= 11 is 0. The van der Waals surface area contributed by atoms with Crippen molar-refractivity contribution in [1.29, 1.82) is 0 Å². The summed E-state index contributed by atoms with van der Waals surface area (Å²) in [5, 5.41) is 8.28. The summed E-state index contributed by atoms with van der Waals surface area (Å²) in [5.74, 6) is 1.49. The molecule has 3 heterocycles. The molecule has 1 atom stereocenters. The lowest BCUT2D eigenvalue weighted by molar-refractivity contribution is 0.669. The van der Waals surface area contributed by atoms with Gasteiger partial charge in [0.2, 0.25) is 0 Å². The molecule has 1 N–H and O–H groups in total. The summed E-state index contributed by atoms with van der Waals surface area (Å²) in [6.45, 7) is 0. The molecule has 0 radical (unpaired) electrons. The first-order valence-electron chi connectivity index (χ1n) is 16.9. The molecule has 0 saturated heterocycles. The van der Waals surface area contributed by atoms with E-state index in [1.54, 1.807) is 0 Å².